The lowest BCUT2D eigenvalue weighted by Crippen LogP contribution is -2.53. The highest BCUT2D eigenvalue weighted by atomic mass is 127. The lowest BCUT2D eigenvalue weighted by Gasteiger charge is -2.36. The minimum atomic E-state index is -0.379. The zero-order valence-electron chi connectivity index (χ0n) is 15.0. The smallest absolute Gasteiger partial charge is 0.243 e. The van der Waals surface area contributed by atoms with Crippen molar-refractivity contribution < 1.29 is 9.18 Å². The summed E-state index contributed by atoms with van der Waals surface area (Å²) in [5.41, 5.74) is 0.441. The molecule has 1 aliphatic heterocycles. The second-order valence-electron chi connectivity index (χ2n) is 5.88. The van der Waals surface area contributed by atoms with Crippen molar-refractivity contribution in [1.82, 2.24) is 10.2 Å². The Kier molecular flexibility index (Phi) is 8.29. The van der Waals surface area contributed by atoms with Gasteiger partial charge in [0.05, 0.1) is 11.5 Å². The van der Waals surface area contributed by atoms with Gasteiger partial charge < -0.3 is 20.4 Å². The lowest BCUT2D eigenvalue weighted by atomic mass is 10.3. The summed E-state index contributed by atoms with van der Waals surface area (Å²) in [4.78, 5) is 20.8. The Bertz CT molecular complexity index is 763. The molecular formula is C18H23FIN5OS. The van der Waals surface area contributed by atoms with Crippen molar-refractivity contribution in [2.45, 2.75) is 0 Å². The topological polar surface area (TPSA) is 60.0 Å². The first-order valence-electron chi connectivity index (χ1n) is 8.45. The molecule has 1 aromatic carbocycles. The zero-order chi connectivity index (χ0) is 18.4. The van der Waals surface area contributed by atoms with Crippen LogP contribution in [0.15, 0.2) is 46.8 Å². The van der Waals surface area contributed by atoms with Crippen LogP contribution in [-0.2, 0) is 4.79 Å². The van der Waals surface area contributed by atoms with Gasteiger partial charge in [-0.15, -0.1) is 35.3 Å². The molecule has 0 spiro atoms. The van der Waals surface area contributed by atoms with E-state index in [9.17, 15) is 9.18 Å². The monoisotopic (exact) mass is 503 g/mol. The third kappa shape index (κ3) is 6.06. The summed E-state index contributed by atoms with van der Waals surface area (Å²) in [6.07, 6.45) is 0. The maximum Gasteiger partial charge on any atom is 0.243 e. The Labute approximate surface area is 179 Å². The predicted molar refractivity (Wildman–Crippen MR) is 120 cm³/mol. The summed E-state index contributed by atoms with van der Waals surface area (Å²) in [5, 5.41) is 9.11. The quantitative estimate of drug-likeness (QED) is 0.383. The van der Waals surface area contributed by atoms with Gasteiger partial charge in [0.15, 0.2) is 5.96 Å². The van der Waals surface area contributed by atoms with E-state index in [4.69, 9.17) is 0 Å². The number of nitrogens with zero attached hydrogens (tertiary/aromatic N) is 3. The largest absolute Gasteiger partial charge is 0.360 e. The van der Waals surface area contributed by atoms with E-state index in [-0.39, 0.29) is 42.2 Å². The molecule has 0 saturated carbocycles. The van der Waals surface area contributed by atoms with Crippen molar-refractivity contribution >= 4 is 57.9 Å². The van der Waals surface area contributed by atoms with Gasteiger partial charge in [0.2, 0.25) is 5.91 Å². The second-order valence-corrected chi connectivity index (χ2v) is 6.81. The van der Waals surface area contributed by atoms with Gasteiger partial charge in [0.1, 0.15) is 5.82 Å². The van der Waals surface area contributed by atoms with Crippen LogP contribution >= 0.6 is 35.3 Å². The second kappa shape index (κ2) is 10.5. The number of rotatable bonds is 4. The van der Waals surface area contributed by atoms with Crippen LogP contribution in [0.5, 0.6) is 0 Å². The third-order valence-electron chi connectivity index (χ3n) is 4.12. The van der Waals surface area contributed by atoms with Gasteiger partial charge in [-0.3, -0.25) is 9.79 Å². The number of hydrogen-bond acceptors (Lipinski definition) is 4. The van der Waals surface area contributed by atoms with Gasteiger partial charge in [0.25, 0.3) is 0 Å². The fraction of sp³-hybridized carbons (Fsp3) is 0.333. The molecule has 2 N–H and O–H groups in total. The number of nitrogens with one attached hydrogen (secondary N) is 2. The first-order valence-corrected chi connectivity index (χ1v) is 9.33. The molecule has 1 saturated heterocycles. The van der Waals surface area contributed by atoms with E-state index in [0.29, 0.717) is 11.6 Å². The number of hydrogen-bond donors (Lipinski definition) is 2. The van der Waals surface area contributed by atoms with E-state index in [1.165, 1.54) is 17.1 Å². The molecule has 1 aliphatic rings. The standard InChI is InChI=1S/C18H22FN5OS.HI/c1-20-18(21-13-16(25)22-15-5-2-4-14(19)12-15)24-9-7-23(8-10-24)17-6-3-11-26-17;/h2-6,11-12H,7-10,13H2,1H3,(H,20,21)(H,22,25);1H. The van der Waals surface area contributed by atoms with E-state index < -0.39 is 0 Å². The van der Waals surface area contributed by atoms with Crippen LogP contribution in [0.2, 0.25) is 0 Å². The highest BCUT2D eigenvalue weighted by Crippen LogP contribution is 2.22. The van der Waals surface area contributed by atoms with Gasteiger partial charge in [-0.05, 0) is 35.7 Å². The average Bonchev–Trinajstić information content (AvgIpc) is 3.17. The fourth-order valence-corrected chi connectivity index (χ4v) is 3.64. The molecule has 1 aromatic heterocycles. The molecule has 0 bridgehead atoms. The molecule has 0 radical (unpaired) electrons. The van der Waals surface area contributed by atoms with Crippen LogP contribution < -0.4 is 15.5 Å². The number of carbonyl (C=O) groups is 1. The molecule has 6 nitrogen and oxygen atoms in total. The Morgan fingerprint density at radius 3 is 2.63 bits per heavy atom. The number of amides is 1. The number of piperazine rings is 1. The highest BCUT2D eigenvalue weighted by molar-refractivity contribution is 14.0. The van der Waals surface area contributed by atoms with Crippen LogP contribution in [0.25, 0.3) is 0 Å². The van der Waals surface area contributed by atoms with Crippen molar-refractivity contribution in [3.63, 3.8) is 0 Å². The SMILES string of the molecule is CN=C(NCC(=O)Nc1cccc(F)c1)N1CCN(c2cccs2)CC1.I. The minimum Gasteiger partial charge on any atom is -0.360 e. The van der Waals surface area contributed by atoms with E-state index in [1.54, 1.807) is 30.5 Å². The van der Waals surface area contributed by atoms with E-state index >= 15 is 0 Å². The number of halogens is 2. The maximum atomic E-state index is 13.2. The molecule has 2 aromatic rings. The minimum absolute atomic E-state index is 0. The summed E-state index contributed by atoms with van der Waals surface area (Å²) in [6.45, 7) is 3.58. The van der Waals surface area contributed by atoms with Gasteiger partial charge in [-0.2, -0.15) is 0 Å². The van der Waals surface area contributed by atoms with Crippen LogP contribution in [0.1, 0.15) is 0 Å². The fourth-order valence-electron chi connectivity index (χ4n) is 2.85. The Morgan fingerprint density at radius 2 is 2.00 bits per heavy atom. The Morgan fingerprint density at radius 1 is 1.22 bits per heavy atom. The van der Waals surface area contributed by atoms with Crippen molar-refractivity contribution in [1.29, 1.82) is 0 Å². The number of aliphatic imine (C=N–C) groups is 1. The third-order valence-corrected chi connectivity index (χ3v) is 5.05. The number of thiophene rings is 1. The molecule has 1 amide bonds. The van der Waals surface area contributed by atoms with Crippen molar-refractivity contribution in [3.05, 3.63) is 47.6 Å². The first-order chi connectivity index (χ1) is 12.7. The summed E-state index contributed by atoms with van der Waals surface area (Å²) in [6, 6.07) is 10.0. The molecule has 2 heterocycles. The number of carbonyl (C=O) groups excluding carboxylic acids is 1. The molecule has 3 rings (SSSR count). The van der Waals surface area contributed by atoms with Crippen LogP contribution in [0, 0.1) is 5.82 Å². The Balaban J connectivity index is 0.00000261. The summed E-state index contributed by atoms with van der Waals surface area (Å²) < 4.78 is 13.2. The summed E-state index contributed by atoms with van der Waals surface area (Å²) in [5.74, 6) is 0.0781. The molecule has 27 heavy (non-hydrogen) atoms. The van der Waals surface area contributed by atoms with Crippen molar-refractivity contribution in [3.8, 4) is 0 Å². The van der Waals surface area contributed by atoms with E-state index in [1.807, 2.05) is 0 Å². The van der Waals surface area contributed by atoms with Crippen molar-refractivity contribution in [2.24, 2.45) is 4.99 Å². The molecule has 9 heteroatoms. The lowest BCUT2D eigenvalue weighted by molar-refractivity contribution is -0.115. The van der Waals surface area contributed by atoms with Gasteiger partial charge in [-0.1, -0.05) is 6.07 Å². The average molecular weight is 503 g/mol. The van der Waals surface area contributed by atoms with E-state index in [0.717, 1.165) is 26.2 Å². The van der Waals surface area contributed by atoms with Crippen LogP contribution in [0.3, 0.4) is 0 Å². The molecule has 0 aliphatic carbocycles. The van der Waals surface area contributed by atoms with Crippen LogP contribution in [-0.4, -0.2) is 56.5 Å². The summed E-state index contributed by atoms with van der Waals surface area (Å²) in [7, 11) is 1.71. The molecular weight excluding hydrogens is 480 g/mol. The molecule has 0 atom stereocenters. The maximum absolute atomic E-state index is 13.2. The predicted octanol–water partition coefficient (Wildman–Crippen LogP) is 2.84. The van der Waals surface area contributed by atoms with Crippen LogP contribution in [0.4, 0.5) is 15.1 Å². The number of anilines is 2. The highest BCUT2D eigenvalue weighted by Gasteiger charge is 2.20. The molecule has 1 fully saturated rings. The molecule has 0 unspecified atom stereocenters. The summed E-state index contributed by atoms with van der Waals surface area (Å²) >= 11 is 1.74. The molecule has 146 valence electrons. The van der Waals surface area contributed by atoms with Gasteiger partial charge >= 0.3 is 0 Å². The normalized spacial score (nSPS) is 14.5. The van der Waals surface area contributed by atoms with Gasteiger partial charge in [-0.25, -0.2) is 4.39 Å². The number of guanidine groups is 1. The zero-order valence-corrected chi connectivity index (χ0v) is 18.2. The van der Waals surface area contributed by atoms with Gasteiger partial charge in [0, 0.05) is 38.9 Å². The number of benzene rings is 1. The van der Waals surface area contributed by atoms with E-state index in [2.05, 4.69) is 42.9 Å². The first kappa shape index (κ1) is 21.4. The Hall–Kier alpha value is -1.88. The van der Waals surface area contributed by atoms with Crippen molar-refractivity contribution in [2.75, 3.05) is 50.0 Å².